The van der Waals surface area contributed by atoms with Gasteiger partial charge in [0.05, 0.1) is 5.97 Å². The predicted octanol–water partition coefficient (Wildman–Crippen LogP) is -0.264. The molecule has 2 rings (SSSR count). The quantitative estimate of drug-likeness (QED) is 0.809. The number of nitrogens with one attached hydrogen (secondary N) is 1. The Bertz CT molecular complexity index is 580. The molecule has 1 aliphatic heterocycles. The second-order valence-electron chi connectivity index (χ2n) is 4.90. The molecular formula is C13H14N3O3-. The number of carboxylic acid groups (broad SMARTS) is 1. The van der Waals surface area contributed by atoms with Crippen LogP contribution in [0.2, 0.25) is 0 Å². The summed E-state index contributed by atoms with van der Waals surface area (Å²) in [7, 11) is 0. The minimum atomic E-state index is -1.35. The van der Waals surface area contributed by atoms with Crippen LogP contribution in [0.25, 0.3) is 0 Å². The lowest BCUT2D eigenvalue weighted by Crippen LogP contribution is -2.41. The highest BCUT2D eigenvalue weighted by Crippen LogP contribution is 2.26. The third kappa shape index (κ3) is 2.09. The third-order valence-corrected chi connectivity index (χ3v) is 3.41. The van der Waals surface area contributed by atoms with Crippen molar-refractivity contribution in [3.63, 3.8) is 0 Å². The van der Waals surface area contributed by atoms with E-state index in [-0.39, 0.29) is 28.9 Å². The van der Waals surface area contributed by atoms with Gasteiger partial charge in [-0.2, -0.15) is 0 Å². The number of carboxylic acids is 1. The molecule has 0 saturated carbocycles. The van der Waals surface area contributed by atoms with Gasteiger partial charge in [-0.05, 0) is 25.0 Å². The van der Waals surface area contributed by atoms with E-state index in [0.717, 1.165) is 0 Å². The first-order chi connectivity index (χ1) is 8.86. The average Bonchev–Trinajstić information content (AvgIpc) is 2.67. The number of nitrogens with zero attached hydrogens (tertiary/aromatic N) is 2. The Morgan fingerprint density at radius 2 is 2.16 bits per heavy atom. The van der Waals surface area contributed by atoms with Crippen molar-refractivity contribution < 1.29 is 14.7 Å². The van der Waals surface area contributed by atoms with Gasteiger partial charge in [0.15, 0.2) is 5.84 Å². The molecule has 0 bridgehead atoms. The molecule has 19 heavy (non-hydrogen) atoms. The molecule has 1 aromatic rings. The topological polar surface area (TPSA) is 94.5 Å². The Morgan fingerprint density at radius 1 is 1.47 bits per heavy atom. The van der Waals surface area contributed by atoms with Crippen LogP contribution in [0.3, 0.4) is 0 Å². The van der Waals surface area contributed by atoms with Gasteiger partial charge in [0, 0.05) is 11.8 Å². The molecule has 0 spiro atoms. The Balaban J connectivity index is 2.51. The normalized spacial score (nSPS) is 22.3. The van der Waals surface area contributed by atoms with Gasteiger partial charge in [-0.25, -0.2) is 4.99 Å². The summed E-state index contributed by atoms with van der Waals surface area (Å²) in [6.07, 6.45) is 1.45. The zero-order chi connectivity index (χ0) is 14.2. The molecule has 0 aliphatic carbocycles. The number of amidine groups is 1. The third-order valence-electron chi connectivity index (χ3n) is 3.41. The summed E-state index contributed by atoms with van der Waals surface area (Å²) in [6, 6.07) is 2.87. The monoisotopic (exact) mass is 260 g/mol. The molecule has 1 amide bonds. The van der Waals surface area contributed by atoms with Crippen LogP contribution in [0.5, 0.6) is 0 Å². The first-order valence-corrected chi connectivity index (χ1v) is 5.94. The van der Waals surface area contributed by atoms with Gasteiger partial charge in [0.2, 0.25) is 0 Å². The molecule has 2 heterocycles. The van der Waals surface area contributed by atoms with Crippen molar-refractivity contribution in [1.82, 2.24) is 10.3 Å². The average molecular weight is 260 g/mol. The van der Waals surface area contributed by atoms with Crippen molar-refractivity contribution in [1.29, 1.82) is 0 Å². The molecule has 0 fully saturated rings. The first-order valence-electron chi connectivity index (χ1n) is 5.94. The van der Waals surface area contributed by atoms with Crippen LogP contribution in [-0.4, -0.2) is 28.2 Å². The number of rotatable bonds is 3. The fraction of sp³-hybridized carbons (Fsp3) is 0.385. The summed E-state index contributed by atoms with van der Waals surface area (Å²) in [6.45, 7) is 5.47. The second kappa shape index (κ2) is 4.46. The van der Waals surface area contributed by atoms with Crippen molar-refractivity contribution in [2.75, 3.05) is 0 Å². The van der Waals surface area contributed by atoms with Crippen LogP contribution in [0, 0.1) is 5.92 Å². The Kier molecular flexibility index (Phi) is 3.09. The summed E-state index contributed by atoms with van der Waals surface area (Å²) in [5.41, 5.74) is -0.870. The maximum absolute atomic E-state index is 12.0. The van der Waals surface area contributed by atoms with Gasteiger partial charge in [-0.15, -0.1) is 0 Å². The van der Waals surface area contributed by atoms with Gasteiger partial charge in [-0.3, -0.25) is 9.78 Å². The number of aromatic nitrogens is 1. The van der Waals surface area contributed by atoms with Gasteiger partial charge >= 0.3 is 0 Å². The molecule has 1 aromatic heterocycles. The molecule has 100 valence electrons. The van der Waals surface area contributed by atoms with Crippen molar-refractivity contribution >= 4 is 17.7 Å². The molecule has 1 aliphatic rings. The number of aliphatic imine (C=N–C) groups is 1. The molecule has 6 nitrogen and oxygen atoms in total. The van der Waals surface area contributed by atoms with Gasteiger partial charge in [0.1, 0.15) is 11.2 Å². The highest BCUT2D eigenvalue weighted by atomic mass is 16.4. The lowest BCUT2D eigenvalue weighted by molar-refractivity contribution is -0.255. The fourth-order valence-electron chi connectivity index (χ4n) is 1.81. The van der Waals surface area contributed by atoms with E-state index in [2.05, 4.69) is 15.3 Å². The summed E-state index contributed by atoms with van der Waals surface area (Å²) in [5, 5.41) is 13.6. The second-order valence-corrected chi connectivity index (χ2v) is 4.90. The highest BCUT2D eigenvalue weighted by Gasteiger charge is 2.42. The van der Waals surface area contributed by atoms with Crippen molar-refractivity contribution in [2.45, 2.75) is 26.3 Å². The molecule has 1 atom stereocenters. The van der Waals surface area contributed by atoms with E-state index in [1.807, 2.05) is 13.8 Å². The zero-order valence-corrected chi connectivity index (χ0v) is 10.9. The van der Waals surface area contributed by atoms with E-state index >= 15 is 0 Å². The smallest absolute Gasteiger partial charge is 0.253 e. The standard InChI is InChI=1S/C13H15N3O3/c1-7(2)13(3)12(19)15-10(16-13)9-8(11(17)18)5-4-6-14-9/h4-7H,1-3H3,(H,17,18)(H,15,16,19)/p-1/t13-/m1/s1. The minimum absolute atomic E-state index is 0.0138. The number of hydrogen-bond donors (Lipinski definition) is 1. The first kappa shape index (κ1) is 13.2. The van der Waals surface area contributed by atoms with Gasteiger partial charge < -0.3 is 15.2 Å². The van der Waals surface area contributed by atoms with Crippen LogP contribution < -0.4 is 10.4 Å². The predicted molar refractivity (Wildman–Crippen MR) is 66.5 cm³/mol. The highest BCUT2D eigenvalue weighted by molar-refractivity contribution is 6.17. The number of pyridine rings is 1. The SMILES string of the molecule is CC(C)[C@@]1(C)N=C(c2ncccc2C(=O)[O-])NC1=O. The van der Waals surface area contributed by atoms with Gasteiger partial charge in [-0.1, -0.05) is 13.8 Å². The van der Waals surface area contributed by atoms with E-state index in [1.165, 1.54) is 18.3 Å². The number of aromatic carboxylic acids is 1. The van der Waals surface area contributed by atoms with Crippen molar-refractivity contribution in [3.8, 4) is 0 Å². The van der Waals surface area contributed by atoms with Crippen LogP contribution in [-0.2, 0) is 4.79 Å². The molecule has 1 N–H and O–H groups in total. The maximum atomic E-state index is 12.0. The molecule has 0 aromatic carbocycles. The van der Waals surface area contributed by atoms with E-state index in [4.69, 9.17) is 0 Å². The van der Waals surface area contributed by atoms with E-state index in [0.29, 0.717) is 0 Å². The van der Waals surface area contributed by atoms with Gasteiger partial charge in [0.25, 0.3) is 5.91 Å². The van der Waals surface area contributed by atoms with E-state index in [9.17, 15) is 14.7 Å². The van der Waals surface area contributed by atoms with Crippen molar-refractivity contribution in [3.05, 3.63) is 29.6 Å². The molecular weight excluding hydrogens is 246 g/mol. The van der Waals surface area contributed by atoms with Crippen LogP contribution in [0.1, 0.15) is 36.8 Å². The largest absolute Gasteiger partial charge is 0.545 e. The number of carbonyl (C=O) groups is 2. The molecule has 0 radical (unpaired) electrons. The van der Waals surface area contributed by atoms with E-state index < -0.39 is 11.5 Å². The Hall–Kier alpha value is -2.24. The number of hydrogen-bond acceptors (Lipinski definition) is 5. The summed E-state index contributed by atoms with van der Waals surface area (Å²) >= 11 is 0. The molecule has 0 unspecified atom stereocenters. The van der Waals surface area contributed by atoms with Crippen LogP contribution in [0.15, 0.2) is 23.3 Å². The maximum Gasteiger partial charge on any atom is 0.253 e. The fourth-order valence-corrected chi connectivity index (χ4v) is 1.81. The molecule has 0 saturated heterocycles. The Morgan fingerprint density at radius 3 is 2.68 bits per heavy atom. The summed E-state index contributed by atoms with van der Waals surface area (Å²) in [5.74, 6) is -1.44. The lowest BCUT2D eigenvalue weighted by atomic mass is 9.89. The summed E-state index contributed by atoms with van der Waals surface area (Å²) < 4.78 is 0. The summed E-state index contributed by atoms with van der Waals surface area (Å²) in [4.78, 5) is 31.3. The number of carbonyl (C=O) groups excluding carboxylic acids is 2. The van der Waals surface area contributed by atoms with Crippen molar-refractivity contribution in [2.24, 2.45) is 10.9 Å². The van der Waals surface area contributed by atoms with Crippen LogP contribution >= 0.6 is 0 Å². The van der Waals surface area contributed by atoms with E-state index in [1.54, 1.807) is 6.92 Å². The number of amides is 1. The molecule has 6 heteroatoms. The van der Waals surface area contributed by atoms with Crippen LogP contribution in [0.4, 0.5) is 0 Å². The minimum Gasteiger partial charge on any atom is -0.545 e. The Labute approximate surface area is 110 Å². The lowest BCUT2D eigenvalue weighted by Gasteiger charge is -2.21. The zero-order valence-electron chi connectivity index (χ0n) is 10.9.